The summed E-state index contributed by atoms with van der Waals surface area (Å²) in [5, 5.41) is 43.4. The molecule has 0 aromatic carbocycles. The Labute approximate surface area is 429 Å². The molecule has 0 radical (unpaired) electrons. The predicted molar refractivity (Wildman–Crippen MR) is 311 cm³/mol. The van der Waals surface area contributed by atoms with E-state index in [1.54, 1.807) is 6.92 Å². The molecule has 0 atom stereocenters. The summed E-state index contributed by atoms with van der Waals surface area (Å²) in [6.45, 7) is 46.4. The first-order chi connectivity index (χ1) is 29.1. The molecule has 0 aliphatic carbocycles. The first-order valence-corrected chi connectivity index (χ1v) is 24.8. The van der Waals surface area contributed by atoms with Gasteiger partial charge in [0.05, 0.1) is 19.3 Å². The van der Waals surface area contributed by atoms with E-state index in [-0.39, 0.29) is 90.3 Å². The van der Waals surface area contributed by atoms with Crippen LogP contribution in [0.15, 0.2) is 0 Å². The third-order valence-corrected chi connectivity index (χ3v) is 7.06. The van der Waals surface area contributed by atoms with Crippen molar-refractivity contribution in [2.45, 2.75) is 299 Å². The standard InChI is InChI=1S/C9H20O2.C7H15NO.C7H16O2.C6H14O2.C4H10O2.5C3H8.C2H6O.6CH4/c1-4-9(5-2,6-3)7-11-8-10;1-3-5-7(9)8-6-4-2;1-3-7(4-2)5-9-6-8;1-3-6(4-2)8-5-7;1-2-3-6-4-5;5*1-3-2;1-2-3;;;;;;/h10H,4-8H2,1-3H3;3-6H2,1-2H3,(H,8,9);7-8H,3-6H2,1-2H3;6-7H,3-5H2,1-2H3;5H,2-4H2,1H3;5*3H2,1-2H3;3H,2H2,1H3;6*1H4. The highest BCUT2D eigenvalue weighted by Crippen LogP contribution is 2.30. The van der Waals surface area contributed by atoms with E-state index in [2.05, 4.69) is 114 Å². The molecule has 0 aromatic heterocycles. The Balaban J connectivity index is -0.0000000281. The molecule has 6 N–H and O–H groups in total. The Bertz CT molecular complexity index is 538. The van der Waals surface area contributed by atoms with Gasteiger partial charge in [-0.1, -0.05) is 228 Å². The van der Waals surface area contributed by atoms with E-state index in [0.29, 0.717) is 37.6 Å². The van der Waals surface area contributed by atoms with E-state index in [9.17, 15) is 4.79 Å². The SMILES string of the molecule is C.C.C.C.C.C.CCC.CCC.CCC.CCC.CCC.CCC(CC)(CC)COCO.CCC(CC)COCO.CCC(CC)OCO.CCCNC(=O)CCC.CCCOCO.CCO. The van der Waals surface area contributed by atoms with Crippen LogP contribution in [0.2, 0.25) is 0 Å². The number of hydrogen-bond acceptors (Lipinski definition) is 10. The quantitative estimate of drug-likeness (QED) is 0.0454. The van der Waals surface area contributed by atoms with Crippen LogP contribution in [-0.2, 0) is 23.7 Å². The number of amides is 1. The molecule has 0 bridgehead atoms. The summed E-state index contributed by atoms with van der Waals surface area (Å²) in [6, 6.07) is 0. The Morgan fingerprint density at radius 3 is 0.970 bits per heavy atom. The van der Waals surface area contributed by atoms with Gasteiger partial charge in [0.2, 0.25) is 5.91 Å². The summed E-state index contributed by atoms with van der Waals surface area (Å²) in [4.78, 5) is 10.7. The lowest BCUT2D eigenvalue weighted by atomic mass is 9.81. The van der Waals surface area contributed by atoms with Crippen molar-refractivity contribution in [2.24, 2.45) is 11.3 Å². The monoisotopic (exact) mass is 992 g/mol. The van der Waals surface area contributed by atoms with Crippen molar-refractivity contribution < 1.29 is 49.3 Å². The van der Waals surface area contributed by atoms with E-state index < -0.39 is 0 Å². The second-order valence-electron chi connectivity index (χ2n) is 13.9. The van der Waals surface area contributed by atoms with Gasteiger partial charge in [0.15, 0.2) is 0 Å². The highest BCUT2D eigenvalue weighted by molar-refractivity contribution is 5.75. The lowest BCUT2D eigenvalue weighted by Gasteiger charge is -2.29. The largest absolute Gasteiger partial charge is 0.397 e. The lowest BCUT2D eigenvalue weighted by Crippen LogP contribution is -2.24. The zero-order chi connectivity index (χ0) is 50.4. The maximum Gasteiger partial charge on any atom is 0.219 e. The first-order valence-electron chi connectivity index (χ1n) is 24.8. The van der Waals surface area contributed by atoms with E-state index in [0.717, 1.165) is 70.8 Å². The molecule has 0 saturated carbocycles. The van der Waals surface area contributed by atoms with Crippen LogP contribution in [0.5, 0.6) is 0 Å². The van der Waals surface area contributed by atoms with Crippen molar-refractivity contribution in [1.82, 2.24) is 5.32 Å². The van der Waals surface area contributed by atoms with Gasteiger partial charge in [-0.15, -0.1) is 0 Å². The predicted octanol–water partition coefficient (Wildman–Crippen LogP) is 17.3. The summed E-state index contributed by atoms with van der Waals surface area (Å²) >= 11 is 0. The number of hydrogen-bond donors (Lipinski definition) is 6. The normalized spacial score (nSPS) is 8.30. The van der Waals surface area contributed by atoms with Crippen molar-refractivity contribution in [2.75, 3.05) is 60.1 Å². The molecule has 0 aromatic rings. The summed E-state index contributed by atoms with van der Waals surface area (Å²) in [6.07, 6.45) is 17.7. The van der Waals surface area contributed by atoms with Crippen LogP contribution < -0.4 is 5.32 Å². The van der Waals surface area contributed by atoms with Crippen LogP contribution in [0.1, 0.15) is 293 Å². The van der Waals surface area contributed by atoms with Crippen LogP contribution in [-0.4, -0.2) is 97.7 Å². The van der Waals surface area contributed by atoms with Crippen molar-refractivity contribution in [3.8, 4) is 0 Å². The number of nitrogens with one attached hydrogen (secondary N) is 1. The summed E-state index contributed by atoms with van der Waals surface area (Å²) in [7, 11) is 0. The van der Waals surface area contributed by atoms with Gasteiger partial charge in [0.1, 0.15) is 27.2 Å². The van der Waals surface area contributed by atoms with E-state index >= 15 is 0 Å². The Kier molecular flexibility index (Phi) is 239. The van der Waals surface area contributed by atoms with Gasteiger partial charge in [0, 0.05) is 26.2 Å². The van der Waals surface area contributed by atoms with Gasteiger partial charge in [-0.25, -0.2) is 0 Å². The van der Waals surface area contributed by atoms with Crippen molar-refractivity contribution >= 4 is 5.91 Å². The maximum atomic E-state index is 10.7. The van der Waals surface area contributed by atoms with Crippen LogP contribution in [0, 0.1) is 11.3 Å². The van der Waals surface area contributed by atoms with Gasteiger partial charge in [0.25, 0.3) is 0 Å². The molecule has 11 nitrogen and oxygen atoms in total. The fourth-order valence-electron chi connectivity index (χ4n) is 3.48. The fraction of sp³-hybridized carbons (Fsp3) is 0.982. The zero-order valence-corrected chi connectivity index (χ0v) is 45.6. The second kappa shape index (κ2) is 138. The molecule has 1 amide bonds. The molecule has 11 heteroatoms. The van der Waals surface area contributed by atoms with Crippen LogP contribution in [0.3, 0.4) is 0 Å². The van der Waals surface area contributed by atoms with Crippen molar-refractivity contribution in [1.29, 1.82) is 0 Å². The number of carbonyl (C=O) groups excluding carboxylic acids is 1. The number of carbonyl (C=O) groups is 1. The fourth-order valence-corrected chi connectivity index (χ4v) is 3.48. The van der Waals surface area contributed by atoms with Crippen molar-refractivity contribution in [3.05, 3.63) is 0 Å². The van der Waals surface area contributed by atoms with Gasteiger partial charge < -0.3 is 49.8 Å². The molecule has 434 valence electrons. The van der Waals surface area contributed by atoms with E-state index in [1.165, 1.54) is 32.1 Å². The maximum absolute atomic E-state index is 10.7. The molecule has 0 unspecified atom stereocenters. The second-order valence-corrected chi connectivity index (χ2v) is 13.9. The van der Waals surface area contributed by atoms with Crippen LogP contribution in [0.4, 0.5) is 0 Å². The zero-order valence-electron chi connectivity index (χ0n) is 45.6. The molecule has 67 heavy (non-hydrogen) atoms. The van der Waals surface area contributed by atoms with Crippen LogP contribution in [0.25, 0.3) is 0 Å². The third-order valence-electron chi connectivity index (χ3n) is 7.06. The molecular weight excluding hydrogens is 847 g/mol. The van der Waals surface area contributed by atoms with Gasteiger partial charge >= 0.3 is 0 Å². The van der Waals surface area contributed by atoms with E-state index in [1.807, 2.05) is 34.6 Å². The summed E-state index contributed by atoms with van der Waals surface area (Å²) in [5.41, 5.74) is 0.294. The van der Waals surface area contributed by atoms with Gasteiger partial charge in [-0.2, -0.15) is 0 Å². The number of aliphatic hydroxyl groups is 5. The Morgan fingerprint density at radius 2 is 0.791 bits per heavy atom. The van der Waals surface area contributed by atoms with Gasteiger partial charge in [-0.05, 0) is 69.6 Å². The minimum Gasteiger partial charge on any atom is -0.397 e. The third kappa shape index (κ3) is 179. The lowest BCUT2D eigenvalue weighted by molar-refractivity contribution is -0.121. The number of rotatable bonds is 22. The van der Waals surface area contributed by atoms with E-state index in [4.69, 9.17) is 39.7 Å². The van der Waals surface area contributed by atoms with Gasteiger partial charge in [-0.3, -0.25) is 4.79 Å². The van der Waals surface area contributed by atoms with Crippen LogP contribution >= 0.6 is 0 Å². The highest BCUT2D eigenvalue weighted by Gasteiger charge is 2.23. The minimum atomic E-state index is -0.151. The topological polar surface area (TPSA) is 167 Å². The number of ether oxygens (including phenoxy) is 4. The molecule has 0 spiro atoms. The van der Waals surface area contributed by atoms with Crippen molar-refractivity contribution in [3.63, 3.8) is 0 Å². The molecule has 0 aliphatic heterocycles. The molecule has 0 heterocycles. The average molecular weight is 993 g/mol. The first kappa shape index (κ1) is 116. The molecular formula is C56H145NO10. The Hall–Kier alpha value is -0.890. The highest BCUT2D eigenvalue weighted by atomic mass is 16.6. The summed E-state index contributed by atoms with van der Waals surface area (Å²) in [5.74, 6) is 0.802. The Morgan fingerprint density at radius 1 is 0.463 bits per heavy atom. The molecule has 0 fully saturated rings. The molecule has 0 rings (SSSR count). The smallest absolute Gasteiger partial charge is 0.219 e. The average Bonchev–Trinajstić information content (AvgIpc) is 3.25. The summed E-state index contributed by atoms with van der Waals surface area (Å²) < 4.78 is 19.3. The number of aliphatic hydroxyl groups excluding tert-OH is 5. The minimum absolute atomic E-state index is 0. The molecule has 0 aliphatic rings. The molecule has 0 saturated heterocycles.